The second-order valence-electron chi connectivity index (χ2n) is 6.37. The number of ether oxygens (including phenoxy) is 1. The van der Waals surface area contributed by atoms with Gasteiger partial charge in [-0.1, -0.05) is 65.2 Å². The molecule has 0 fully saturated rings. The minimum absolute atomic E-state index is 0.936. The molecule has 0 radical (unpaired) electrons. The van der Waals surface area contributed by atoms with Crippen molar-refractivity contribution in [2.24, 2.45) is 0 Å². The summed E-state index contributed by atoms with van der Waals surface area (Å²) in [5.41, 5.74) is 0. The molecule has 0 atom stereocenters. The van der Waals surface area contributed by atoms with E-state index in [0.717, 1.165) is 6.61 Å². The molecule has 0 bridgehead atoms. The van der Waals surface area contributed by atoms with E-state index in [-0.39, 0.29) is 0 Å². The van der Waals surface area contributed by atoms with Gasteiger partial charge in [-0.15, -0.1) is 0 Å². The summed E-state index contributed by atoms with van der Waals surface area (Å²) >= 11 is 0. The molecule has 0 N–H and O–H groups in total. The summed E-state index contributed by atoms with van der Waals surface area (Å²) in [4.78, 5) is 2.69. The van der Waals surface area contributed by atoms with Crippen LogP contribution in [0.1, 0.15) is 90.9 Å². The number of methoxy groups -OCH3 is 1. The van der Waals surface area contributed by atoms with Crippen molar-refractivity contribution in [3.05, 3.63) is 0 Å². The van der Waals surface area contributed by atoms with Crippen molar-refractivity contribution in [1.29, 1.82) is 0 Å². The standard InChI is InChI=1S/C19H41NO/c1-4-6-16-20(17-7-5-2)18-14-12-10-8-9-11-13-15-19-21-3/h4-19H2,1-3H3. The van der Waals surface area contributed by atoms with E-state index in [1.54, 1.807) is 7.11 Å². The maximum Gasteiger partial charge on any atom is 0.0462 e. The Morgan fingerprint density at radius 2 is 1.00 bits per heavy atom. The quantitative estimate of drug-likeness (QED) is 0.321. The molecule has 0 aromatic rings. The fourth-order valence-corrected chi connectivity index (χ4v) is 2.74. The third-order valence-electron chi connectivity index (χ3n) is 4.23. The van der Waals surface area contributed by atoms with Crippen molar-refractivity contribution in [3.8, 4) is 0 Å². The first-order chi connectivity index (χ1) is 10.3. The van der Waals surface area contributed by atoms with Crippen LogP contribution in [0.3, 0.4) is 0 Å². The highest BCUT2D eigenvalue weighted by Gasteiger charge is 2.03. The number of hydrogen-bond donors (Lipinski definition) is 0. The van der Waals surface area contributed by atoms with Gasteiger partial charge in [0.1, 0.15) is 0 Å². The lowest BCUT2D eigenvalue weighted by molar-refractivity contribution is 0.192. The average molecular weight is 300 g/mol. The molecule has 2 heteroatoms. The molecule has 0 aliphatic heterocycles. The Morgan fingerprint density at radius 3 is 1.48 bits per heavy atom. The summed E-state index contributed by atoms with van der Waals surface area (Å²) in [7, 11) is 1.80. The molecular formula is C19H41NO. The normalized spacial score (nSPS) is 11.4. The summed E-state index contributed by atoms with van der Waals surface area (Å²) in [6.07, 6.45) is 16.5. The SMILES string of the molecule is CCCCN(CCCC)CCCCCCCCCCOC. The maximum atomic E-state index is 5.08. The Balaban J connectivity index is 3.35. The summed E-state index contributed by atoms with van der Waals surface area (Å²) in [6, 6.07) is 0. The van der Waals surface area contributed by atoms with Crippen molar-refractivity contribution in [2.45, 2.75) is 90.9 Å². The van der Waals surface area contributed by atoms with Crippen molar-refractivity contribution in [1.82, 2.24) is 4.90 Å². The van der Waals surface area contributed by atoms with Crippen molar-refractivity contribution in [3.63, 3.8) is 0 Å². The van der Waals surface area contributed by atoms with Crippen LogP contribution in [-0.4, -0.2) is 38.3 Å². The van der Waals surface area contributed by atoms with E-state index in [0.29, 0.717) is 0 Å². The van der Waals surface area contributed by atoms with Crippen LogP contribution in [0.25, 0.3) is 0 Å². The zero-order chi connectivity index (χ0) is 15.6. The molecule has 21 heavy (non-hydrogen) atoms. The molecule has 0 saturated carbocycles. The maximum absolute atomic E-state index is 5.08. The first-order valence-electron chi connectivity index (χ1n) is 9.56. The Kier molecular flexibility index (Phi) is 17.9. The molecule has 0 aromatic carbocycles. The number of hydrogen-bond acceptors (Lipinski definition) is 2. The molecule has 0 heterocycles. The molecule has 0 aromatic heterocycles. The number of rotatable bonds is 17. The Morgan fingerprint density at radius 1 is 0.571 bits per heavy atom. The van der Waals surface area contributed by atoms with E-state index in [1.165, 1.54) is 96.7 Å². The van der Waals surface area contributed by atoms with E-state index in [1.807, 2.05) is 0 Å². The summed E-state index contributed by atoms with van der Waals surface area (Å²) in [5, 5.41) is 0. The van der Waals surface area contributed by atoms with Gasteiger partial charge in [-0.3, -0.25) is 0 Å². The molecule has 0 amide bonds. The van der Waals surface area contributed by atoms with Crippen molar-refractivity contribution >= 4 is 0 Å². The third-order valence-corrected chi connectivity index (χ3v) is 4.23. The van der Waals surface area contributed by atoms with Gasteiger partial charge < -0.3 is 9.64 Å². The van der Waals surface area contributed by atoms with E-state index >= 15 is 0 Å². The fraction of sp³-hybridized carbons (Fsp3) is 1.00. The zero-order valence-electron chi connectivity index (χ0n) is 15.2. The number of nitrogens with zero attached hydrogens (tertiary/aromatic N) is 1. The Hall–Kier alpha value is -0.0800. The van der Waals surface area contributed by atoms with Gasteiger partial charge in [0.2, 0.25) is 0 Å². The van der Waals surface area contributed by atoms with Gasteiger partial charge in [-0.2, -0.15) is 0 Å². The largest absolute Gasteiger partial charge is 0.385 e. The van der Waals surface area contributed by atoms with Gasteiger partial charge in [0.25, 0.3) is 0 Å². The molecular weight excluding hydrogens is 258 g/mol. The molecule has 128 valence electrons. The first kappa shape index (κ1) is 20.9. The Labute approximate surface area is 134 Å². The molecule has 0 spiro atoms. The van der Waals surface area contributed by atoms with Gasteiger partial charge in [-0.05, 0) is 45.3 Å². The lowest BCUT2D eigenvalue weighted by Crippen LogP contribution is -2.27. The van der Waals surface area contributed by atoms with Gasteiger partial charge >= 0.3 is 0 Å². The van der Waals surface area contributed by atoms with E-state index in [9.17, 15) is 0 Å². The van der Waals surface area contributed by atoms with Crippen LogP contribution in [0.2, 0.25) is 0 Å². The second kappa shape index (κ2) is 18.0. The van der Waals surface area contributed by atoms with E-state index < -0.39 is 0 Å². The topological polar surface area (TPSA) is 12.5 Å². The Bertz CT molecular complexity index is 176. The third kappa shape index (κ3) is 16.1. The lowest BCUT2D eigenvalue weighted by Gasteiger charge is -2.21. The highest BCUT2D eigenvalue weighted by Crippen LogP contribution is 2.10. The van der Waals surface area contributed by atoms with Gasteiger partial charge in [0.05, 0.1) is 0 Å². The predicted molar refractivity (Wildman–Crippen MR) is 95.1 cm³/mol. The van der Waals surface area contributed by atoms with Crippen LogP contribution in [0, 0.1) is 0 Å². The summed E-state index contributed by atoms with van der Waals surface area (Å²) < 4.78 is 5.08. The van der Waals surface area contributed by atoms with Crippen molar-refractivity contribution < 1.29 is 4.74 Å². The molecule has 0 rings (SSSR count). The molecule has 0 aliphatic rings. The molecule has 2 nitrogen and oxygen atoms in total. The van der Waals surface area contributed by atoms with Crippen LogP contribution in [-0.2, 0) is 4.74 Å². The molecule has 0 saturated heterocycles. The second-order valence-corrected chi connectivity index (χ2v) is 6.37. The van der Waals surface area contributed by atoms with Crippen LogP contribution in [0.15, 0.2) is 0 Å². The number of unbranched alkanes of at least 4 members (excludes halogenated alkanes) is 9. The minimum Gasteiger partial charge on any atom is -0.385 e. The average Bonchev–Trinajstić information content (AvgIpc) is 2.51. The van der Waals surface area contributed by atoms with Crippen LogP contribution < -0.4 is 0 Å². The summed E-state index contributed by atoms with van der Waals surface area (Å²) in [6.45, 7) is 9.49. The highest BCUT2D eigenvalue weighted by atomic mass is 16.5. The molecule has 0 unspecified atom stereocenters. The monoisotopic (exact) mass is 299 g/mol. The minimum atomic E-state index is 0.936. The van der Waals surface area contributed by atoms with Gasteiger partial charge in [-0.25, -0.2) is 0 Å². The highest BCUT2D eigenvalue weighted by molar-refractivity contribution is 4.58. The lowest BCUT2D eigenvalue weighted by atomic mass is 10.1. The van der Waals surface area contributed by atoms with Gasteiger partial charge in [0, 0.05) is 13.7 Å². The predicted octanol–water partition coefficient (Wildman–Crippen LogP) is 5.66. The smallest absolute Gasteiger partial charge is 0.0462 e. The van der Waals surface area contributed by atoms with Crippen LogP contribution in [0.4, 0.5) is 0 Å². The zero-order valence-corrected chi connectivity index (χ0v) is 15.2. The van der Waals surface area contributed by atoms with Crippen molar-refractivity contribution in [2.75, 3.05) is 33.4 Å². The summed E-state index contributed by atoms with van der Waals surface area (Å²) in [5.74, 6) is 0. The van der Waals surface area contributed by atoms with Crippen LogP contribution >= 0.6 is 0 Å². The van der Waals surface area contributed by atoms with E-state index in [2.05, 4.69) is 18.7 Å². The van der Waals surface area contributed by atoms with E-state index in [4.69, 9.17) is 4.74 Å². The van der Waals surface area contributed by atoms with Gasteiger partial charge in [0.15, 0.2) is 0 Å². The first-order valence-corrected chi connectivity index (χ1v) is 9.56. The van der Waals surface area contributed by atoms with Crippen LogP contribution in [0.5, 0.6) is 0 Å². The fourth-order valence-electron chi connectivity index (χ4n) is 2.74. The molecule has 0 aliphatic carbocycles.